The summed E-state index contributed by atoms with van der Waals surface area (Å²) < 4.78 is 4.98. The number of aliphatic hydroxyl groups is 1. The van der Waals surface area contributed by atoms with E-state index in [1.807, 2.05) is 0 Å². The lowest BCUT2D eigenvalue weighted by atomic mass is 9.93. The summed E-state index contributed by atoms with van der Waals surface area (Å²) in [5, 5.41) is 10.0. The van der Waals surface area contributed by atoms with Gasteiger partial charge in [0.1, 0.15) is 6.10 Å². The van der Waals surface area contributed by atoms with Crippen LogP contribution in [-0.2, 0) is 9.53 Å². The molecule has 1 aromatic rings. The lowest BCUT2D eigenvalue weighted by Gasteiger charge is -2.15. The monoisotopic (exact) mass is 260 g/mol. The minimum atomic E-state index is -0.482. The molecule has 0 saturated carbocycles. The smallest absolute Gasteiger partial charge is 0.306 e. The Bertz CT molecular complexity index is 420. The van der Waals surface area contributed by atoms with Crippen LogP contribution in [0.2, 0.25) is 10.0 Å². The maximum absolute atomic E-state index is 11.2. The third-order valence-corrected chi connectivity index (χ3v) is 3.41. The number of hydrogen-bond donors (Lipinski definition) is 1. The molecular weight excluding hydrogens is 251 g/mol. The van der Waals surface area contributed by atoms with Gasteiger partial charge in [0.2, 0.25) is 0 Å². The number of benzene rings is 1. The maximum Gasteiger partial charge on any atom is 0.306 e. The molecule has 1 saturated heterocycles. The number of halogens is 2. The highest BCUT2D eigenvalue weighted by molar-refractivity contribution is 6.42. The fourth-order valence-electron chi connectivity index (χ4n) is 1.85. The van der Waals surface area contributed by atoms with Crippen molar-refractivity contribution in [3.63, 3.8) is 0 Å². The third kappa shape index (κ3) is 2.17. The van der Waals surface area contributed by atoms with E-state index in [-0.39, 0.29) is 24.9 Å². The van der Waals surface area contributed by atoms with E-state index in [2.05, 4.69) is 0 Å². The summed E-state index contributed by atoms with van der Waals surface area (Å²) in [6.45, 7) is -0.184. The second-order valence-corrected chi connectivity index (χ2v) is 4.51. The van der Waals surface area contributed by atoms with Gasteiger partial charge in [-0.2, -0.15) is 0 Å². The molecule has 2 atom stereocenters. The average molecular weight is 261 g/mol. The van der Waals surface area contributed by atoms with E-state index in [0.717, 1.165) is 5.56 Å². The molecule has 0 aliphatic carbocycles. The number of carbonyl (C=O) groups is 1. The molecule has 2 unspecified atom stereocenters. The zero-order valence-corrected chi connectivity index (χ0v) is 9.83. The van der Waals surface area contributed by atoms with Gasteiger partial charge in [0.25, 0.3) is 0 Å². The molecule has 3 nitrogen and oxygen atoms in total. The first-order valence-electron chi connectivity index (χ1n) is 4.87. The van der Waals surface area contributed by atoms with Gasteiger partial charge in [-0.3, -0.25) is 4.79 Å². The fourth-order valence-corrected chi connectivity index (χ4v) is 2.16. The van der Waals surface area contributed by atoms with Gasteiger partial charge < -0.3 is 9.84 Å². The number of carbonyl (C=O) groups excluding carboxylic acids is 1. The largest absolute Gasteiger partial charge is 0.459 e. The molecule has 0 amide bonds. The lowest BCUT2D eigenvalue weighted by molar-refractivity contribution is -0.142. The molecule has 2 rings (SSSR count). The lowest BCUT2D eigenvalue weighted by Crippen LogP contribution is -2.18. The zero-order valence-electron chi connectivity index (χ0n) is 8.32. The predicted octanol–water partition coefficient (Wildman–Crippen LogP) is 2.38. The summed E-state index contributed by atoms with van der Waals surface area (Å²) in [6.07, 6.45) is -0.215. The van der Waals surface area contributed by atoms with E-state index in [1.54, 1.807) is 18.2 Å². The Morgan fingerprint density at radius 1 is 1.38 bits per heavy atom. The second-order valence-electron chi connectivity index (χ2n) is 3.70. The maximum atomic E-state index is 11.2. The molecule has 1 heterocycles. The number of hydrogen-bond acceptors (Lipinski definition) is 3. The van der Waals surface area contributed by atoms with Crippen molar-refractivity contribution in [2.24, 2.45) is 0 Å². The molecule has 1 aromatic carbocycles. The zero-order chi connectivity index (χ0) is 11.7. The molecule has 1 aliphatic heterocycles. The van der Waals surface area contributed by atoms with Gasteiger partial charge in [0, 0.05) is 5.92 Å². The summed E-state index contributed by atoms with van der Waals surface area (Å²) in [5.74, 6) is -0.442. The van der Waals surface area contributed by atoms with Crippen LogP contribution in [0.4, 0.5) is 0 Å². The van der Waals surface area contributed by atoms with Gasteiger partial charge in [-0.1, -0.05) is 29.3 Å². The van der Waals surface area contributed by atoms with Crippen LogP contribution in [0.3, 0.4) is 0 Å². The van der Waals surface area contributed by atoms with Crippen LogP contribution in [-0.4, -0.2) is 23.8 Å². The highest BCUT2D eigenvalue weighted by Gasteiger charge is 2.35. The Labute approximate surface area is 103 Å². The van der Waals surface area contributed by atoms with E-state index in [1.165, 1.54) is 0 Å². The number of cyclic esters (lactones) is 1. The van der Waals surface area contributed by atoms with E-state index in [0.29, 0.717) is 10.0 Å². The number of rotatable bonds is 2. The molecule has 0 aromatic heterocycles. The second kappa shape index (κ2) is 4.62. The van der Waals surface area contributed by atoms with Crippen LogP contribution in [0.25, 0.3) is 0 Å². The standard InChI is InChI=1S/C11H10Cl2O3/c12-8-2-1-6(3-9(8)13)7-4-11(15)16-10(7)5-14/h1-3,7,10,14H,4-5H2. The van der Waals surface area contributed by atoms with Crippen LogP contribution < -0.4 is 0 Å². The summed E-state index contributed by atoms with van der Waals surface area (Å²) >= 11 is 11.7. The Kier molecular flexibility index (Phi) is 3.38. The number of esters is 1. The van der Waals surface area contributed by atoms with Gasteiger partial charge in [0.15, 0.2) is 0 Å². The summed E-state index contributed by atoms with van der Waals surface area (Å²) in [5.41, 5.74) is 0.860. The van der Waals surface area contributed by atoms with E-state index < -0.39 is 6.10 Å². The fraction of sp³-hybridized carbons (Fsp3) is 0.364. The van der Waals surface area contributed by atoms with Crippen LogP contribution >= 0.6 is 23.2 Å². The molecule has 1 N–H and O–H groups in total. The highest BCUT2D eigenvalue weighted by atomic mass is 35.5. The normalized spacial score (nSPS) is 24.6. The first-order valence-corrected chi connectivity index (χ1v) is 5.62. The van der Waals surface area contributed by atoms with Crippen LogP contribution in [0.5, 0.6) is 0 Å². The molecule has 86 valence electrons. The first-order chi connectivity index (χ1) is 7.61. The van der Waals surface area contributed by atoms with Gasteiger partial charge in [0.05, 0.1) is 23.1 Å². The van der Waals surface area contributed by atoms with Gasteiger partial charge >= 0.3 is 5.97 Å². The van der Waals surface area contributed by atoms with Crippen molar-refractivity contribution in [2.75, 3.05) is 6.61 Å². The van der Waals surface area contributed by atoms with Crippen molar-refractivity contribution < 1.29 is 14.6 Å². The number of ether oxygens (including phenoxy) is 1. The van der Waals surface area contributed by atoms with Gasteiger partial charge in [-0.05, 0) is 17.7 Å². The molecule has 5 heteroatoms. The van der Waals surface area contributed by atoms with E-state index in [9.17, 15) is 4.79 Å². The average Bonchev–Trinajstić information content (AvgIpc) is 2.63. The van der Waals surface area contributed by atoms with Crippen LogP contribution in [0.1, 0.15) is 17.9 Å². The SMILES string of the molecule is O=C1CC(c2ccc(Cl)c(Cl)c2)C(CO)O1. The van der Waals surface area contributed by atoms with Crippen molar-refractivity contribution in [1.29, 1.82) is 0 Å². The number of aliphatic hydroxyl groups excluding tert-OH is 1. The van der Waals surface area contributed by atoms with Crippen molar-refractivity contribution in [1.82, 2.24) is 0 Å². The molecular formula is C11H10Cl2O3. The Hall–Kier alpha value is -0.770. The van der Waals surface area contributed by atoms with Crippen molar-refractivity contribution in [2.45, 2.75) is 18.4 Å². The van der Waals surface area contributed by atoms with Gasteiger partial charge in [-0.25, -0.2) is 0 Å². The summed E-state index contributed by atoms with van der Waals surface area (Å²) in [7, 11) is 0. The minimum absolute atomic E-state index is 0.146. The van der Waals surface area contributed by atoms with Crippen molar-refractivity contribution in [3.8, 4) is 0 Å². The molecule has 16 heavy (non-hydrogen) atoms. The Morgan fingerprint density at radius 3 is 2.75 bits per heavy atom. The topological polar surface area (TPSA) is 46.5 Å². The third-order valence-electron chi connectivity index (χ3n) is 2.67. The Balaban J connectivity index is 2.29. The molecule has 0 spiro atoms. The Morgan fingerprint density at radius 2 is 2.12 bits per heavy atom. The van der Waals surface area contributed by atoms with E-state index in [4.69, 9.17) is 33.0 Å². The van der Waals surface area contributed by atoms with Crippen molar-refractivity contribution >= 4 is 29.2 Å². The minimum Gasteiger partial charge on any atom is -0.459 e. The van der Waals surface area contributed by atoms with Crippen LogP contribution in [0, 0.1) is 0 Å². The summed E-state index contributed by atoms with van der Waals surface area (Å²) in [6, 6.07) is 5.18. The summed E-state index contributed by atoms with van der Waals surface area (Å²) in [4.78, 5) is 11.2. The van der Waals surface area contributed by atoms with Crippen LogP contribution in [0.15, 0.2) is 18.2 Å². The van der Waals surface area contributed by atoms with Crippen molar-refractivity contribution in [3.05, 3.63) is 33.8 Å². The molecule has 1 aliphatic rings. The highest BCUT2D eigenvalue weighted by Crippen LogP contribution is 2.34. The predicted molar refractivity (Wildman–Crippen MR) is 60.8 cm³/mol. The van der Waals surface area contributed by atoms with E-state index >= 15 is 0 Å². The quantitative estimate of drug-likeness (QED) is 0.831. The molecule has 1 fully saturated rings. The first kappa shape index (κ1) is 11.7. The van der Waals surface area contributed by atoms with Gasteiger partial charge in [-0.15, -0.1) is 0 Å². The molecule has 0 bridgehead atoms. The molecule has 0 radical (unpaired) electrons.